The van der Waals surface area contributed by atoms with Crippen LogP contribution in [-0.2, 0) is 24.1 Å². The summed E-state index contributed by atoms with van der Waals surface area (Å²) >= 11 is 0. The van der Waals surface area contributed by atoms with Crippen LogP contribution in [0.3, 0.4) is 0 Å². The van der Waals surface area contributed by atoms with Crippen LogP contribution in [0.5, 0.6) is 0 Å². The first-order valence-electron chi connectivity index (χ1n) is 7.27. The van der Waals surface area contributed by atoms with E-state index in [-0.39, 0.29) is 0 Å². The van der Waals surface area contributed by atoms with E-state index in [2.05, 4.69) is 10.1 Å². The van der Waals surface area contributed by atoms with E-state index in [4.69, 9.17) is 4.74 Å². The fourth-order valence-corrected chi connectivity index (χ4v) is 3.47. The Morgan fingerprint density at radius 2 is 1.67 bits per heavy atom. The SMILES string of the molecule is COC(=O)[C@H](NC(=O)OC(C)(C)C)[C@H](c1ccccc1)S(C)(=O)=O. The number of nitrogens with one attached hydrogen (secondary N) is 1. The van der Waals surface area contributed by atoms with E-state index in [0.717, 1.165) is 13.4 Å². The first-order valence-corrected chi connectivity index (χ1v) is 9.22. The smallest absolute Gasteiger partial charge is 0.408 e. The molecule has 8 heteroatoms. The molecule has 0 aliphatic carbocycles. The molecule has 1 rings (SSSR count). The van der Waals surface area contributed by atoms with Gasteiger partial charge in [-0.1, -0.05) is 30.3 Å². The predicted molar refractivity (Wildman–Crippen MR) is 89.2 cm³/mol. The molecule has 0 spiro atoms. The maximum atomic E-state index is 12.3. The fraction of sp³-hybridized carbons (Fsp3) is 0.500. The summed E-state index contributed by atoms with van der Waals surface area (Å²) in [6, 6.07) is 6.72. The number of methoxy groups -OCH3 is 1. The van der Waals surface area contributed by atoms with Crippen molar-refractivity contribution in [1.82, 2.24) is 5.32 Å². The summed E-state index contributed by atoms with van der Waals surface area (Å²) in [4.78, 5) is 24.1. The number of hydrogen-bond acceptors (Lipinski definition) is 6. The van der Waals surface area contributed by atoms with Crippen LogP contribution in [-0.4, -0.2) is 45.5 Å². The molecule has 134 valence electrons. The molecule has 0 aromatic heterocycles. The Labute approximate surface area is 142 Å². The topological polar surface area (TPSA) is 98.8 Å². The summed E-state index contributed by atoms with van der Waals surface area (Å²) in [6.07, 6.45) is 0.0969. The summed E-state index contributed by atoms with van der Waals surface area (Å²) in [7, 11) is -2.61. The van der Waals surface area contributed by atoms with Crippen molar-refractivity contribution in [3.8, 4) is 0 Å². The minimum atomic E-state index is -3.73. The fourth-order valence-electron chi connectivity index (χ4n) is 2.15. The number of rotatable bonds is 5. The van der Waals surface area contributed by atoms with Crippen molar-refractivity contribution in [2.45, 2.75) is 37.7 Å². The molecular formula is C16H23NO6S. The van der Waals surface area contributed by atoms with Gasteiger partial charge in [0.2, 0.25) is 0 Å². The van der Waals surface area contributed by atoms with Crippen LogP contribution >= 0.6 is 0 Å². The molecule has 0 radical (unpaired) electrons. The summed E-state index contributed by atoms with van der Waals surface area (Å²) in [6.45, 7) is 4.97. The lowest BCUT2D eigenvalue weighted by Crippen LogP contribution is -2.49. The molecule has 0 saturated carbocycles. The zero-order valence-electron chi connectivity index (χ0n) is 14.4. The number of sulfone groups is 1. The van der Waals surface area contributed by atoms with Gasteiger partial charge in [-0.15, -0.1) is 0 Å². The van der Waals surface area contributed by atoms with E-state index in [1.54, 1.807) is 51.1 Å². The van der Waals surface area contributed by atoms with Gasteiger partial charge in [-0.2, -0.15) is 0 Å². The van der Waals surface area contributed by atoms with Crippen molar-refractivity contribution in [1.29, 1.82) is 0 Å². The second kappa shape index (κ2) is 7.65. The normalized spacial score (nSPS) is 14.4. The summed E-state index contributed by atoms with van der Waals surface area (Å²) in [5, 5.41) is 1.02. The van der Waals surface area contributed by atoms with Gasteiger partial charge in [0.15, 0.2) is 15.9 Å². The Bertz CT molecular complexity index is 678. The van der Waals surface area contributed by atoms with Crippen molar-refractivity contribution in [3.63, 3.8) is 0 Å². The van der Waals surface area contributed by atoms with Gasteiger partial charge in [0.1, 0.15) is 10.9 Å². The van der Waals surface area contributed by atoms with Crippen molar-refractivity contribution in [2.24, 2.45) is 0 Å². The van der Waals surface area contributed by atoms with Gasteiger partial charge in [0.25, 0.3) is 0 Å². The second-order valence-electron chi connectivity index (χ2n) is 6.31. The quantitative estimate of drug-likeness (QED) is 0.807. The number of carbonyl (C=O) groups excluding carboxylic acids is 2. The average Bonchev–Trinajstić information content (AvgIpc) is 2.43. The molecule has 0 saturated heterocycles. The summed E-state index contributed by atoms with van der Waals surface area (Å²) < 4.78 is 34.3. The number of benzene rings is 1. The monoisotopic (exact) mass is 357 g/mol. The number of hydrogen-bond donors (Lipinski definition) is 1. The van der Waals surface area contributed by atoms with Gasteiger partial charge in [-0.05, 0) is 26.3 Å². The number of amides is 1. The Morgan fingerprint density at radius 1 is 1.12 bits per heavy atom. The molecule has 0 unspecified atom stereocenters. The molecule has 0 fully saturated rings. The van der Waals surface area contributed by atoms with Crippen LogP contribution in [0.2, 0.25) is 0 Å². The highest BCUT2D eigenvalue weighted by molar-refractivity contribution is 7.91. The first kappa shape index (κ1) is 20.0. The van der Waals surface area contributed by atoms with Gasteiger partial charge in [0.05, 0.1) is 7.11 Å². The molecule has 0 heterocycles. The molecule has 1 N–H and O–H groups in total. The Balaban J connectivity index is 3.25. The highest BCUT2D eigenvalue weighted by Crippen LogP contribution is 2.26. The maximum Gasteiger partial charge on any atom is 0.408 e. The lowest BCUT2D eigenvalue weighted by Gasteiger charge is -2.27. The Morgan fingerprint density at radius 3 is 2.08 bits per heavy atom. The lowest BCUT2D eigenvalue weighted by atomic mass is 10.1. The maximum absolute atomic E-state index is 12.3. The van der Waals surface area contributed by atoms with Crippen molar-refractivity contribution in [2.75, 3.05) is 13.4 Å². The molecule has 2 atom stereocenters. The van der Waals surface area contributed by atoms with E-state index < -0.39 is 38.8 Å². The van der Waals surface area contributed by atoms with Gasteiger partial charge in [-0.25, -0.2) is 18.0 Å². The highest BCUT2D eigenvalue weighted by Gasteiger charge is 2.39. The van der Waals surface area contributed by atoms with Crippen LogP contribution in [0.4, 0.5) is 4.79 Å². The highest BCUT2D eigenvalue weighted by atomic mass is 32.2. The zero-order valence-corrected chi connectivity index (χ0v) is 15.2. The number of alkyl carbamates (subject to hydrolysis) is 1. The van der Waals surface area contributed by atoms with Gasteiger partial charge in [0, 0.05) is 6.26 Å². The zero-order chi connectivity index (χ0) is 18.5. The van der Waals surface area contributed by atoms with E-state index >= 15 is 0 Å². The summed E-state index contributed by atoms with van der Waals surface area (Å²) in [5.41, 5.74) is -0.426. The largest absolute Gasteiger partial charge is 0.467 e. The van der Waals surface area contributed by atoms with Crippen LogP contribution in [0.25, 0.3) is 0 Å². The van der Waals surface area contributed by atoms with Gasteiger partial charge < -0.3 is 14.8 Å². The minimum Gasteiger partial charge on any atom is -0.467 e. The number of ether oxygens (including phenoxy) is 2. The Hall–Kier alpha value is -2.09. The van der Waals surface area contributed by atoms with E-state index in [0.29, 0.717) is 5.56 Å². The van der Waals surface area contributed by atoms with Crippen LogP contribution < -0.4 is 5.32 Å². The van der Waals surface area contributed by atoms with E-state index in [1.807, 2.05) is 0 Å². The summed E-state index contributed by atoms with van der Waals surface area (Å²) in [5.74, 6) is -0.875. The van der Waals surface area contributed by atoms with E-state index in [1.165, 1.54) is 0 Å². The van der Waals surface area contributed by atoms with E-state index in [9.17, 15) is 18.0 Å². The third kappa shape index (κ3) is 5.84. The van der Waals surface area contributed by atoms with Gasteiger partial charge >= 0.3 is 12.1 Å². The second-order valence-corrected chi connectivity index (χ2v) is 8.47. The molecule has 24 heavy (non-hydrogen) atoms. The number of carbonyl (C=O) groups is 2. The lowest BCUT2D eigenvalue weighted by molar-refractivity contribution is -0.143. The minimum absolute atomic E-state index is 0.367. The molecular weight excluding hydrogens is 334 g/mol. The van der Waals surface area contributed by atoms with Crippen molar-refractivity contribution in [3.05, 3.63) is 35.9 Å². The molecule has 0 bridgehead atoms. The van der Waals surface area contributed by atoms with Crippen LogP contribution in [0.15, 0.2) is 30.3 Å². The van der Waals surface area contributed by atoms with Crippen molar-refractivity contribution >= 4 is 21.9 Å². The van der Waals surface area contributed by atoms with Crippen LogP contribution in [0.1, 0.15) is 31.6 Å². The van der Waals surface area contributed by atoms with Gasteiger partial charge in [-0.3, -0.25) is 0 Å². The molecule has 1 aromatic rings. The predicted octanol–water partition coefficient (Wildman–Crippen LogP) is 1.84. The molecule has 0 aliphatic rings. The Kier molecular flexibility index (Phi) is 6.36. The molecule has 1 aromatic carbocycles. The van der Waals surface area contributed by atoms with Crippen molar-refractivity contribution < 1.29 is 27.5 Å². The molecule has 1 amide bonds. The first-order chi connectivity index (χ1) is 11.0. The van der Waals surface area contributed by atoms with Crippen LogP contribution in [0, 0.1) is 0 Å². The standard InChI is InChI=1S/C16H23NO6S/c1-16(2,3)23-15(19)17-12(14(18)22-4)13(24(5,20)21)11-9-7-6-8-10-11/h6-10,12-13H,1-5H3,(H,17,19)/t12-,13+/m1/s1. The molecule has 7 nitrogen and oxygen atoms in total. The molecule has 0 aliphatic heterocycles. The number of esters is 1. The third-order valence-electron chi connectivity index (χ3n) is 3.02. The third-order valence-corrected chi connectivity index (χ3v) is 4.49. The average molecular weight is 357 g/mol.